The summed E-state index contributed by atoms with van der Waals surface area (Å²) in [6.45, 7) is 0. The van der Waals surface area contributed by atoms with Crippen LogP contribution in [0.5, 0.6) is 0 Å². The van der Waals surface area contributed by atoms with Crippen molar-refractivity contribution in [3.8, 4) is 6.07 Å². The van der Waals surface area contributed by atoms with Gasteiger partial charge in [-0.25, -0.2) is 13.4 Å². The predicted molar refractivity (Wildman–Crippen MR) is 106 cm³/mol. The second kappa shape index (κ2) is 8.01. The zero-order chi connectivity index (χ0) is 19.4. The summed E-state index contributed by atoms with van der Waals surface area (Å²) >= 11 is 7.38. The molecule has 27 heavy (non-hydrogen) atoms. The minimum Gasteiger partial charge on any atom is -0.325 e. The number of aromatic nitrogens is 2. The molecule has 8 heteroatoms. The average molecular weight is 416 g/mol. The van der Waals surface area contributed by atoms with E-state index in [2.05, 4.69) is 4.98 Å². The Morgan fingerprint density at radius 3 is 2.56 bits per heavy atom. The third-order valence-corrected chi connectivity index (χ3v) is 6.78. The van der Waals surface area contributed by atoms with Crippen LogP contribution in [-0.2, 0) is 16.9 Å². The second-order valence-electron chi connectivity index (χ2n) is 5.56. The lowest BCUT2D eigenvalue weighted by molar-refractivity contribution is 0.593. The van der Waals surface area contributed by atoms with Crippen LogP contribution in [0.2, 0.25) is 5.02 Å². The van der Waals surface area contributed by atoms with Gasteiger partial charge in [0.1, 0.15) is 6.07 Å². The van der Waals surface area contributed by atoms with Gasteiger partial charge in [0, 0.05) is 21.9 Å². The smallest absolute Gasteiger partial charge is 0.233 e. The monoisotopic (exact) mass is 415 g/mol. The van der Waals surface area contributed by atoms with Gasteiger partial charge in [-0.3, -0.25) is 0 Å². The summed E-state index contributed by atoms with van der Waals surface area (Å²) in [7, 11) is -2.39. The van der Waals surface area contributed by atoms with Crippen molar-refractivity contribution in [1.82, 2.24) is 9.55 Å². The van der Waals surface area contributed by atoms with Crippen molar-refractivity contribution < 1.29 is 8.42 Å². The second-order valence-corrected chi connectivity index (χ2v) is 8.98. The van der Waals surface area contributed by atoms with E-state index in [1.165, 1.54) is 34.9 Å². The highest BCUT2D eigenvalue weighted by Crippen LogP contribution is 2.33. The fourth-order valence-corrected chi connectivity index (χ4v) is 4.65. The molecule has 0 N–H and O–H groups in total. The maximum absolute atomic E-state index is 12.8. The summed E-state index contributed by atoms with van der Waals surface area (Å²) in [5.74, 6) is 0. The largest absolute Gasteiger partial charge is 0.325 e. The van der Waals surface area contributed by atoms with Crippen LogP contribution in [-0.4, -0.2) is 18.0 Å². The summed E-state index contributed by atoms with van der Waals surface area (Å²) in [5.41, 5.74) is 0.639. The lowest BCUT2D eigenvalue weighted by Gasteiger charge is -2.08. The highest BCUT2D eigenvalue weighted by molar-refractivity contribution is 7.99. The fourth-order valence-electron chi connectivity index (χ4n) is 2.35. The number of sulfone groups is 1. The van der Waals surface area contributed by atoms with E-state index in [9.17, 15) is 13.7 Å². The first-order valence-corrected chi connectivity index (χ1v) is 10.5. The van der Waals surface area contributed by atoms with E-state index in [1.54, 1.807) is 31.3 Å². The number of allylic oxidation sites excluding steroid dienone is 1. The summed E-state index contributed by atoms with van der Waals surface area (Å²) in [6, 6.07) is 16.4. The lowest BCUT2D eigenvalue weighted by Crippen LogP contribution is -2.08. The highest BCUT2D eigenvalue weighted by Gasteiger charge is 2.24. The van der Waals surface area contributed by atoms with Gasteiger partial charge in [0.25, 0.3) is 0 Å². The average Bonchev–Trinajstić information content (AvgIpc) is 3.09. The van der Waals surface area contributed by atoms with Crippen molar-refractivity contribution in [2.75, 3.05) is 0 Å². The van der Waals surface area contributed by atoms with Crippen LogP contribution in [0.4, 0.5) is 0 Å². The Labute approximate surface area is 166 Å². The van der Waals surface area contributed by atoms with E-state index in [4.69, 9.17) is 11.6 Å². The predicted octanol–water partition coefficient (Wildman–Crippen LogP) is 4.56. The van der Waals surface area contributed by atoms with Gasteiger partial charge in [-0.05, 0) is 42.0 Å². The van der Waals surface area contributed by atoms with Gasteiger partial charge in [-0.15, -0.1) is 0 Å². The molecule has 0 fully saturated rings. The van der Waals surface area contributed by atoms with Crippen LogP contribution in [0.1, 0.15) is 5.56 Å². The number of benzene rings is 2. The van der Waals surface area contributed by atoms with Crippen molar-refractivity contribution in [1.29, 1.82) is 5.26 Å². The van der Waals surface area contributed by atoms with Crippen LogP contribution >= 0.6 is 23.4 Å². The molecule has 0 amide bonds. The Morgan fingerprint density at radius 1 is 1.22 bits per heavy atom. The van der Waals surface area contributed by atoms with Crippen LogP contribution in [0.25, 0.3) is 6.08 Å². The van der Waals surface area contributed by atoms with Crippen molar-refractivity contribution in [2.24, 2.45) is 7.05 Å². The van der Waals surface area contributed by atoms with Gasteiger partial charge in [0.05, 0.1) is 12.5 Å². The molecule has 1 heterocycles. The first-order valence-electron chi connectivity index (χ1n) is 7.77. The first kappa shape index (κ1) is 19.2. The minimum absolute atomic E-state index is 0.0295. The maximum Gasteiger partial charge on any atom is 0.233 e. The Hall–Kier alpha value is -2.53. The minimum atomic E-state index is -3.96. The summed E-state index contributed by atoms with van der Waals surface area (Å²) in [5, 5.41) is 10.1. The van der Waals surface area contributed by atoms with Gasteiger partial charge in [0.2, 0.25) is 9.84 Å². The zero-order valence-electron chi connectivity index (χ0n) is 14.2. The number of aryl methyl sites for hydroxylation is 1. The summed E-state index contributed by atoms with van der Waals surface area (Å²) in [4.78, 5) is 5.27. The SMILES string of the molecule is Cn1cncc1S(=O)(=O)/C(C#N)=C/c1ccccc1Sc1ccc(Cl)cc1. The van der Waals surface area contributed by atoms with Crippen molar-refractivity contribution in [3.63, 3.8) is 0 Å². The van der Waals surface area contributed by atoms with Gasteiger partial charge in [-0.2, -0.15) is 5.26 Å². The molecule has 0 aliphatic heterocycles. The molecule has 0 saturated heterocycles. The number of hydrogen-bond acceptors (Lipinski definition) is 5. The fraction of sp³-hybridized carbons (Fsp3) is 0.0526. The molecule has 0 aliphatic rings. The van der Waals surface area contributed by atoms with Gasteiger partial charge >= 0.3 is 0 Å². The first-order chi connectivity index (χ1) is 12.9. The molecule has 3 aromatic rings. The molecule has 0 aliphatic carbocycles. The van der Waals surface area contributed by atoms with E-state index in [0.717, 1.165) is 9.79 Å². The van der Waals surface area contributed by atoms with Gasteiger partial charge < -0.3 is 4.57 Å². The topological polar surface area (TPSA) is 75.8 Å². The number of rotatable bonds is 5. The number of halogens is 1. The molecule has 0 radical (unpaired) electrons. The maximum atomic E-state index is 12.8. The number of hydrogen-bond donors (Lipinski definition) is 0. The third-order valence-electron chi connectivity index (χ3n) is 3.69. The molecule has 0 bridgehead atoms. The molecule has 5 nitrogen and oxygen atoms in total. The Bertz CT molecular complexity index is 1140. The zero-order valence-corrected chi connectivity index (χ0v) is 16.6. The molecule has 2 aromatic carbocycles. The van der Waals surface area contributed by atoms with E-state index in [-0.39, 0.29) is 9.93 Å². The number of nitriles is 1. The van der Waals surface area contributed by atoms with E-state index in [1.807, 2.05) is 30.3 Å². The van der Waals surface area contributed by atoms with Crippen molar-refractivity contribution in [3.05, 3.63) is 76.5 Å². The Kier molecular flexibility index (Phi) is 5.71. The van der Waals surface area contributed by atoms with Gasteiger partial charge in [-0.1, -0.05) is 41.6 Å². The molecular formula is C19H14ClN3O2S2. The third kappa shape index (κ3) is 4.25. The molecule has 0 spiro atoms. The Balaban J connectivity index is 2.02. The lowest BCUT2D eigenvalue weighted by atomic mass is 10.2. The summed E-state index contributed by atoms with van der Waals surface area (Å²) < 4.78 is 26.9. The standard InChI is InChI=1S/C19H14ClN3O2S2/c1-23-13-22-12-19(23)27(24,25)17(11-21)10-14-4-2-3-5-18(14)26-16-8-6-15(20)7-9-16/h2-10,12-13H,1H3/b17-10+. The quantitative estimate of drug-likeness (QED) is 0.571. The van der Waals surface area contributed by atoms with Crippen molar-refractivity contribution in [2.45, 2.75) is 14.8 Å². The van der Waals surface area contributed by atoms with Crippen LogP contribution in [0.15, 0.2) is 80.8 Å². The molecule has 136 valence electrons. The molecular weight excluding hydrogens is 402 g/mol. The van der Waals surface area contributed by atoms with Crippen LogP contribution in [0.3, 0.4) is 0 Å². The van der Waals surface area contributed by atoms with E-state index < -0.39 is 9.84 Å². The number of nitrogens with zero attached hydrogens (tertiary/aromatic N) is 3. The normalized spacial score (nSPS) is 12.0. The summed E-state index contributed by atoms with van der Waals surface area (Å²) in [6.07, 6.45) is 4.00. The van der Waals surface area contributed by atoms with Crippen LogP contribution in [0, 0.1) is 11.3 Å². The van der Waals surface area contributed by atoms with Crippen LogP contribution < -0.4 is 0 Å². The highest BCUT2D eigenvalue weighted by atomic mass is 35.5. The molecule has 1 aromatic heterocycles. The molecule has 0 atom stereocenters. The van der Waals surface area contributed by atoms with E-state index >= 15 is 0 Å². The molecule has 3 rings (SSSR count). The molecule has 0 unspecified atom stereocenters. The van der Waals surface area contributed by atoms with Gasteiger partial charge in [0.15, 0.2) is 9.93 Å². The van der Waals surface area contributed by atoms with E-state index in [0.29, 0.717) is 10.6 Å². The van der Waals surface area contributed by atoms with Crippen molar-refractivity contribution >= 4 is 39.3 Å². The Morgan fingerprint density at radius 2 is 1.93 bits per heavy atom. The number of imidazole rings is 1. The molecule has 0 saturated carbocycles.